The Labute approximate surface area is 199 Å². The highest BCUT2D eigenvalue weighted by molar-refractivity contribution is 6.29. The molecule has 174 valence electrons. The zero-order chi connectivity index (χ0) is 24.4. The van der Waals surface area contributed by atoms with Crippen LogP contribution in [-0.2, 0) is 4.79 Å². The molecule has 0 aliphatic heterocycles. The molecule has 0 saturated carbocycles. The molecule has 0 bridgehead atoms. The summed E-state index contributed by atoms with van der Waals surface area (Å²) in [5.41, 5.74) is 13.6. The second-order valence-electron chi connectivity index (χ2n) is 7.54. The number of carbonyl (C=O) groups is 2. The number of halogens is 1. The molecule has 12 heteroatoms. The number of hydrogen-bond acceptors (Lipinski definition) is 8. The van der Waals surface area contributed by atoms with Gasteiger partial charge in [0.2, 0.25) is 5.91 Å². The van der Waals surface area contributed by atoms with Gasteiger partial charge in [-0.05, 0) is 13.0 Å². The van der Waals surface area contributed by atoms with Crippen LogP contribution in [0.2, 0.25) is 5.15 Å². The minimum Gasteiger partial charge on any atom is -0.383 e. The number of aromatic nitrogens is 5. The lowest BCUT2D eigenvalue weighted by Crippen LogP contribution is -2.41. The zero-order valence-electron chi connectivity index (χ0n) is 18.7. The fourth-order valence-electron chi connectivity index (χ4n) is 3.51. The van der Waals surface area contributed by atoms with Gasteiger partial charge in [0.1, 0.15) is 23.5 Å². The largest absolute Gasteiger partial charge is 0.383 e. The molecule has 4 N–H and O–H groups in total. The summed E-state index contributed by atoms with van der Waals surface area (Å²) in [6.45, 7) is 3.22. The van der Waals surface area contributed by atoms with Crippen molar-refractivity contribution in [2.24, 2.45) is 0 Å². The summed E-state index contributed by atoms with van der Waals surface area (Å²) in [7, 11) is 1.78. The van der Waals surface area contributed by atoms with Crippen LogP contribution in [0.4, 0.5) is 11.6 Å². The Kier molecular flexibility index (Phi) is 6.28. The molecule has 0 saturated heterocycles. The van der Waals surface area contributed by atoms with Crippen molar-refractivity contribution >= 4 is 40.7 Å². The average molecular weight is 480 g/mol. The smallest absolute Gasteiger partial charge is 0.277 e. The summed E-state index contributed by atoms with van der Waals surface area (Å²) in [5, 5.41) is 5.13. The number of amides is 2. The SMILES string of the molecule is CC(=O)NNC(=O)c1c(N)ncnc1N(C)[C@@H](C)c1cc2ncc(Cl)n2nc1-c1ccccc1. The first kappa shape index (κ1) is 22.9. The van der Waals surface area contributed by atoms with E-state index in [1.165, 1.54) is 19.4 Å². The number of rotatable bonds is 5. The number of anilines is 2. The van der Waals surface area contributed by atoms with Crippen LogP contribution >= 0.6 is 11.6 Å². The molecule has 0 spiro atoms. The van der Waals surface area contributed by atoms with E-state index in [4.69, 9.17) is 22.4 Å². The monoisotopic (exact) mass is 479 g/mol. The van der Waals surface area contributed by atoms with Crippen LogP contribution in [0.25, 0.3) is 16.9 Å². The van der Waals surface area contributed by atoms with Gasteiger partial charge in [0.15, 0.2) is 10.8 Å². The second kappa shape index (κ2) is 9.32. The van der Waals surface area contributed by atoms with Crippen LogP contribution in [0.5, 0.6) is 0 Å². The van der Waals surface area contributed by atoms with E-state index >= 15 is 0 Å². The van der Waals surface area contributed by atoms with Crippen molar-refractivity contribution in [2.45, 2.75) is 19.9 Å². The van der Waals surface area contributed by atoms with E-state index in [2.05, 4.69) is 25.8 Å². The first-order valence-corrected chi connectivity index (χ1v) is 10.7. The van der Waals surface area contributed by atoms with Crippen molar-refractivity contribution in [1.29, 1.82) is 0 Å². The number of nitrogens with one attached hydrogen (secondary N) is 2. The van der Waals surface area contributed by atoms with Crippen LogP contribution in [-0.4, -0.2) is 43.4 Å². The zero-order valence-corrected chi connectivity index (χ0v) is 19.4. The van der Waals surface area contributed by atoms with Crippen molar-refractivity contribution in [2.75, 3.05) is 17.7 Å². The van der Waals surface area contributed by atoms with Gasteiger partial charge in [0, 0.05) is 25.1 Å². The molecule has 2 amide bonds. The standard InChI is InChI=1S/C22H22ClN9O2/c1-12(31(3)21-18(20(24)26-11-27-21)22(34)29-28-13(2)33)15-9-17-25-10-16(23)32(17)30-19(15)14-7-5-4-6-8-14/h4-12H,1-3H3,(H,28,33)(H,29,34)(H2,24,26,27)/t12-/m0/s1. The van der Waals surface area contributed by atoms with Crippen molar-refractivity contribution < 1.29 is 9.59 Å². The lowest BCUT2D eigenvalue weighted by atomic mass is 10.0. The first-order valence-electron chi connectivity index (χ1n) is 10.3. The molecule has 0 aliphatic carbocycles. The van der Waals surface area contributed by atoms with Gasteiger partial charge in [-0.2, -0.15) is 5.10 Å². The maximum absolute atomic E-state index is 12.8. The molecule has 0 radical (unpaired) electrons. The Morgan fingerprint density at radius 2 is 1.88 bits per heavy atom. The van der Waals surface area contributed by atoms with Gasteiger partial charge < -0.3 is 10.6 Å². The van der Waals surface area contributed by atoms with Gasteiger partial charge in [0.05, 0.1) is 17.9 Å². The lowest BCUT2D eigenvalue weighted by Gasteiger charge is -2.29. The van der Waals surface area contributed by atoms with Crippen molar-refractivity contribution in [3.63, 3.8) is 0 Å². The van der Waals surface area contributed by atoms with E-state index in [0.717, 1.165) is 11.1 Å². The number of fused-ring (bicyclic) bond motifs is 1. The fourth-order valence-corrected chi connectivity index (χ4v) is 3.69. The predicted octanol–water partition coefficient (Wildman–Crippen LogP) is 2.40. The van der Waals surface area contributed by atoms with E-state index in [-0.39, 0.29) is 23.2 Å². The quantitative estimate of drug-likeness (QED) is 0.370. The fraction of sp³-hybridized carbons (Fsp3) is 0.182. The third-order valence-corrected chi connectivity index (χ3v) is 5.59. The molecule has 0 unspecified atom stereocenters. The summed E-state index contributed by atoms with van der Waals surface area (Å²) in [6.07, 6.45) is 2.81. The minimum atomic E-state index is -0.640. The molecule has 4 aromatic rings. The molecule has 4 rings (SSSR count). The van der Waals surface area contributed by atoms with Crippen LogP contribution in [0.3, 0.4) is 0 Å². The normalized spacial score (nSPS) is 11.8. The third-order valence-electron chi connectivity index (χ3n) is 5.33. The molecule has 3 heterocycles. The Hall–Kier alpha value is -4.25. The van der Waals surface area contributed by atoms with Gasteiger partial charge >= 0.3 is 0 Å². The van der Waals surface area contributed by atoms with Gasteiger partial charge in [-0.3, -0.25) is 20.4 Å². The highest BCUT2D eigenvalue weighted by Crippen LogP contribution is 2.34. The highest BCUT2D eigenvalue weighted by Gasteiger charge is 2.26. The van der Waals surface area contributed by atoms with Crippen LogP contribution in [0, 0.1) is 0 Å². The summed E-state index contributed by atoms with van der Waals surface area (Å²) in [4.78, 5) is 38.4. The van der Waals surface area contributed by atoms with E-state index in [1.807, 2.05) is 43.3 Å². The van der Waals surface area contributed by atoms with Gasteiger partial charge in [0.25, 0.3) is 5.91 Å². The topological polar surface area (TPSA) is 143 Å². The van der Waals surface area contributed by atoms with Gasteiger partial charge in [-0.25, -0.2) is 19.5 Å². The summed E-state index contributed by atoms with van der Waals surface area (Å²) in [6, 6.07) is 11.2. The maximum Gasteiger partial charge on any atom is 0.277 e. The second-order valence-corrected chi connectivity index (χ2v) is 7.93. The Balaban J connectivity index is 1.80. The van der Waals surface area contributed by atoms with Gasteiger partial charge in [-0.1, -0.05) is 41.9 Å². The molecule has 0 fully saturated rings. The van der Waals surface area contributed by atoms with E-state index < -0.39 is 11.8 Å². The number of nitrogens with two attached hydrogens (primary N) is 1. The minimum absolute atomic E-state index is 0.0243. The molecular weight excluding hydrogens is 458 g/mol. The number of hydrogen-bond donors (Lipinski definition) is 3. The first-order chi connectivity index (χ1) is 16.3. The molecule has 1 aromatic carbocycles. The molecular formula is C22H22ClN9O2. The summed E-state index contributed by atoms with van der Waals surface area (Å²) >= 11 is 6.27. The highest BCUT2D eigenvalue weighted by atomic mass is 35.5. The number of benzene rings is 1. The lowest BCUT2D eigenvalue weighted by molar-refractivity contribution is -0.119. The molecule has 0 aliphatic rings. The average Bonchev–Trinajstić information content (AvgIpc) is 3.20. The Morgan fingerprint density at radius 1 is 1.15 bits per heavy atom. The predicted molar refractivity (Wildman–Crippen MR) is 128 cm³/mol. The van der Waals surface area contributed by atoms with Gasteiger partial charge in [-0.15, -0.1) is 0 Å². The molecule has 11 nitrogen and oxygen atoms in total. The number of carbonyl (C=O) groups excluding carboxylic acids is 2. The number of imidazole rings is 1. The Morgan fingerprint density at radius 3 is 2.59 bits per heavy atom. The van der Waals surface area contributed by atoms with E-state index in [1.54, 1.807) is 16.5 Å². The maximum atomic E-state index is 12.8. The van der Waals surface area contributed by atoms with E-state index in [9.17, 15) is 9.59 Å². The number of nitrogen functional groups attached to an aromatic ring is 1. The number of hydrazine groups is 1. The van der Waals surface area contributed by atoms with Crippen molar-refractivity contribution in [1.82, 2.24) is 35.4 Å². The van der Waals surface area contributed by atoms with Crippen molar-refractivity contribution in [3.8, 4) is 11.3 Å². The third kappa shape index (κ3) is 4.33. The van der Waals surface area contributed by atoms with Crippen LogP contribution in [0.1, 0.15) is 35.8 Å². The molecule has 3 aromatic heterocycles. The van der Waals surface area contributed by atoms with E-state index in [0.29, 0.717) is 16.5 Å². The molecule has 34 heavy (non-hydrogen) atoms. The Bertz CT molecular complexity index is 1370. The molecule has 1 atom stereocenters. The van der Waals surface area contributed by atoms with Crippen molar-refractivity contribution in [3.05, 3.63) is 65.2 Å². The van der Waals surface area contributed by atoms with Crippen LogP contribution < -0.4 is 21.5 Å². The summed E-state index contributed by atoms with van der Waals surface area (Å²) in [5.74, 6) is -0.816. The summed E-state index contributed by atoms with van der Waals surface area (Å²) < 4.78 is 1.56. The van der Waals surface area contributed by atoms with Crippen LogP contribution in [0.15, 0.2) is 48.9 Å². The number of nitrogens with zero attached hydrogens (tertiary/aromatic N) is 6.